The summed E-state index contributed by atoms with van der Waals surface area (Å²) >= 11 is 0. The van der Waals surface area contributed by atoms with Crippen molar-refractivity contribution in [2.45, 2.75) is 13.8 Å². The first-order valence-corrected chi connectivity index (χ1v) is 6.08. The highest BCUT2D eigenvalue weighted by Gasteiger charge is 2.14. The Morgan fingerprint density at radius 2 is 1.90 bits per heavy atom. The summed E-state index contributed by atoms with van der Waals surface area (Å²) in [5.41, 5.74) is 2.51. The topological polar surface area (TPSA) is 84.2 Å². The molecule has 1 heterocycles. The fraction of sp³-hybridized carbons (Fsp3) is 0.214. The third-order valence-electron chi connectivity index (χ3n) is 2.83. The number of carbonyl (C=O) groups excluding carboxylic acids is 2. The minimum absolute atomic E-state index is 0.132. The van der Waals surface area contributed by atoms with Crippen molar-refractivity contribution in [1.82, 2.24) is 10.5 Å². The smallest absolute Gasteiger partial charge is 0.294 e. The highest BCUT2D eigenvalue weighted by molar-refractivity contribution is 6.03. The zero-order valence-electron chi connectivity index (χ0n) is 11.5. The maximum atomic E-state index is 12.0. The van der Waals surface area contributed by atoms with E-state index in [2.05, 4.69) is 15.8 Å². The standard InChI is InChI=1S/C14H15N3O3/c1-8-4-5-10(13(18)15-3)7-11(8)16-14(19)12-6-9(2)17-20-12/h4-7H,1-3H3,(H,15,18)(H,16,19). The molecule has 1 aromatic heterocycles. The number of hydrogen-bond acceptors (Lipinski definition) is 4. The van der Waals surface area contributed by atoms with Crippen molar-refractivity contribution in [2.75, 3.05) is 12.4 Å². The molecule has 0 spiro atoms. The van der Waals surface area contributed by atoms with E-state index in [0.717, 1.165) is 5.56 Å². The average molecular weight is 273 g/mol. The molecule has 1 aromatic carbocycles. The van der Waals surface area contributed by atoms with Crippen molar-refractivity contribution in [1.29, 1.82) is 0 Å². The number of rotatable bonds is 3. The monoisotopic (exact) mass is 273 g/mol. The van der Waals surface area contributed by atoms with Crippen LogP contribution in [0, 0.1) is 13.8 Å². The van der Waals surface area contributed by atoms with Gasteiger partial charge in [0.2, 0.25) is 5.76 Å². The summed E-state index contributed by atoms with van der Waals surface area (Å²) in [5.74, 6) is -0.481. The van der Waals surface area contributed by atoms with E-state index in [1.807, 2.05) is 6.92 Å². The van der Waals surface area contributed by atoms with Crippen molar-refractivity contribution in [3.05, 3.63) is 46.8 Å². The van der Waals surface area contributed by atoms with Crippen LogP contribution in [0.15, 0.2) is 28.8 Å². The van der Waals surface area contributed by atoms with Gasteiger partial charge in [-0.25, -0.2) is 0 Å². The lowest BCUT2D eigenvalue weighted by Crippen LogP contribution is -2.18. The van der Waals surface area contributed by atoms with E-state index in [1.165, 1.54) is 0 Å². The molecule has 20 heavy (non-hydrogen) atoms. The molecule has 6 heteroatoms. The Labute approximate surface area is 116 Å². The Bertz CT molecular complexity index is 661. The molecule has 0 aliphatic rings. The van der Waals surface area contributed by atoms with Gasteiger partial charge in [0.15, 0.2) is 0 Å². The van der Waals surface area contributed by atoms with Gasteiger partial charge in [0, 0.05) is 24.4 Å². The van der Waals surface area contributed by atoms with Gasteiger partial charge >= 0.3 is 0 Å². The van der Waals surface area contributed by atoms with Gasteiger partial charge in [0.1, 0.15) is 0 Å². The molecule has 0 radical (unpaired) electrons. The maximum absolute atomic E-state index is 12.0. The van der Waals surface area contributed by atoms with Gasteiger partial charge in [-0.3, -0.25) is 9.59 Å². The molecule has 0 saturated carbocycles. The Kier molecular flexibility index (Phi) is 3.84. The Hall–Kier alpha value is -2.63. The summed E-state index contributed by atoms with van der Waals surface area (Å²) in [6.07, 6.45) is 0. The van der Waals surface area contributed by atoms with Crippen molar-refractivity contribution in [2.24, 2.45) is 0 Å². The molecular formula is C14H15N3O3. The number of carbonyl (C=O) groups is 2. The normalized spacial score (nSPS) is 10.2. The number of benzene rings is 1. The summed E-state index contributed by atoms with van der Waals surface area (Å²) in [4.78, 5) is 23.6. The summed E-state index contributed by atoms with van der Waals surface area (Å²) in [7, 11) is 1.55. The number of aromatic nitrogens is 1. The van der Waals surface area contributed by atoms with E-state index in [1.54, 1.807) is 38.2 Å². The number of nitrogens with zero attached hydrogens (tertiary/aromatic N) is 1. The Morgan fingerprint density at radius 1 is 1.15 bits per heavy atom. The van der Waals surface area contributed by atoms with Crippen LogP contribution in [0.4, 0.5) is 5.69 Å². The lowest BCUT2D eigenvalue weighted by Gasteiger charge is -2.09. The summed E-state index contributed by atoms with van der Waals surface area (Å²) in [6, 6.07) is 6.64. The molecule has 2 aromatic rings. The van der Waals surface area contributed by atoms with Crippen molar-refractivity contribution < 1.29 is 14.1 Å². The second kappa shape index (κ2) is 5.56. The second-order valence-electron chi connectivity index (χ2n) is 4.40. The second-order valence-corrected chi connectivity index (χ2v) is 4.40. The first kappa shape index (κ1) is 13.8. The van der Waals surface area contributed by atoms with Crippen LogP contribution in [-0.2, 0) is 0 Å². The van der Waals surface area contributed by atoms with Gasteiger partial charge in [-0.1, -0.05) is 11.2 Å². The predicted octanol–water partition coefficient (Wildman–Crippen LogP) is 1.90. The van der Waals surface area contributed by atoms with Crippen molar-refractivity contribution >= 4 is 17.5 Å². The number of hydrogen-bond donors (Lipinski definition) is 2. The fourth-order valence-electron chi connectivity index (χ4n) is 1.70. The zero-order chi connectivity index (χ0) is 14.7. The molecule has 2 rings (SSSR count). The number of anilines is 1. The lowest BCUT2D eigenvalue weighted by molar-refractivity contribution is 0.0959. The number of nitrogens with one attached hydrogen (secondary N) is 2. The van der Waals surface area contributed by atoms with Crippen LogP contribution in [0.5, 0.6) is 0 Å². The molecular weight excluding hydrogens is 258 g/mol. The highest BCUT2D eigenvalue weighted by atomic mass is 16.5. The maximum Gasteiger partial charge on any atom is 0.294 e. The molecule has 0 atom stereocenters. The van der Waals surface area contributed by atoms with Gasteiger partial charge in [0.05, 0.1) is 5.69 Å². The van der Waals surface area contributed by atoms with Crippen LogP contribution in [0.1, 0.15) is 32.2 Å². The van der Waals surface area contributed by atoms with E-state index >= 15 is 0 Å². The van der Waals surface area contributed by atoms with Gasteiger partial charge in [-0.05, 0) is 31.5 Å². The molecule has 0 saturated heterocycles. The minimum atomic E-state index is -0.400. The average Bonchev–Trinajstić information content (AvgIpc) is 2.87. The SMILES string of the molecule is CNC(=O)c1ccc(C)c(NC(=O)c2cc(C)no2)c1. The number of amides is 2. The predicted molar refractivity (Wildman–Crippen MR) is 73.8 cm³/mol. The largest absolute Gasteiger partial charge is 0.355 e. The Balaban J connectivity index is 2.24. The van der Waals surface area contributed by atoms with Crippen LogP contribution in [0.25, 0.3) is 0 Å². The minimum Gasteiger partial charge on any atom is -0.355 e. The fourth-order valence-corrected chi connectivity index (χ4v) is 1.70. The molecule has 2 amide bonds. The molecule has 0 aliphatic heterocycles. The first-order valence-electron chi connectivity index (χ1n) is 6.08. The van der Waals surface area contributed by atoms with E-state index in [4.69, 9.17) is 4.52 Å². The lowest BCUT2D eigenvalue weighted by atomic mass is 10.1. The van der Waals surface area contributed by atoms with Gasteiger partial charge < -0.3 is 15.2 Å². The number of aryl methyl sites for hydroxylation is 2. The van der Waals surface area contributed by atoms with Crippen LogP contribution in [0.2, 0.25) is 0 Å². The van der Waals surface area contributed by atoms with Gasteiger partial charge in [-0.15, -0.1) is 0 Å². The van der Waals surface area contributed by atoms with Crippen molar-refractivity contribution in [3.63, 3.8) is 0 Å². The quantitative estimate of drug-likeness (QED) is 0.894. The molecule has 0 aliphatic carbocycles. The summed E-state index contributed by atoms with van der Waals surface area (Å²) in [6.45, 7) is 3.58. The van der Waals surface area contributed by atoms with Gasteiger partial charge in [0.25, 0.3) is 11.8 Å². The molecule has 2 N–H and O–H groups in total. The van der Waals surface area contributed by atoms with E-state index in [-0.39, 0.29) is 11.7 Å². The molecule has 0 bridgehead atoms. The van der Waals surface area contributed by atoms with E-state index < -0.39 is 5.91 Å². The van der Waals surface area contributed by atoms with Crippen LogP contribution >= 0.6 is 0 Å². The van der Waals surface area contributed by atoms with Crippen LogP contribution in [-0.4, -0.2) is 24.0 Å². The molecule has 0 fully saturated rings. The zero-order valence-corrected chi connectivity index (χ0v) is 11.5. The van der Waals surface area contributed by atoms with E-state index in [0.29, 0.717) is 16.9 Å². The first-order chi connectivity index (χ1) is 9.51. The third kappa shape index (κ3) is 2.85. The highest BCUT2D eigenvalue weighted by Crippen LogP contribution is 2.18. The van der Waals surface area contributed by atoms with Crippen molar-refractivity contribution in [3.8, 4) is 0 Å². The van der Waals surface area contributed by atoms with E-state index in [9.17, 15) is 9.59 Å². The third-order valence-corrected chi connectivity index (χ3v) is 2.83. The molecule has 0 unspecified atom stereocenters. The molecule has 104 valence electrons. The van der Waals surface area contributed by atoms with Gasteiger partial charge in [-0.2, -0.15) is 0 Å². The Morgan fingerprint density at radius 3 is 2.50 bits per heavy atom. The van der Waals surface area contributed by atoms with Crippen LogP contribution in [0.3, 0.4) is 0 Å². The molecule has 6 nitrogen and oxygen atoms in total. The summed E-state index contributed by atoms with van der Waals surface area (Å²) < 4.78 is 4.90. The summed E-state index contributed by atoms with van der Waals surface area (Å²) in [5, 5.41) is 8.90. The van der Waals surface area contributed by atoms with Crippen LogP contribution < -0.4 is 10.6 Å².